The maximum absolute atomic E-state index is 2.60. The van der Waals surface area contributed by atoms with E-state index in [1.165, 1.54) is 44.5 Å². The highest BCUT2D eigenvalue weighted by Gasteiger charge is 2.15. The molecule has 1 fully saturated rings. The normalized spacial score (nSPS) is 29.3. The van der Waals surface area contributed by atoms with Crippen LogP contribution in [0.1, 0.15) is 47.0 Å². The van der Waals surface area contributed by atoms with Gasteiger partial charge in [-0.15, -0.1) is 0 Å². The summed E-state index contributed by atoms with van der Waals surface area (Å²) in [5.41, 5.74) is 1.53. The molecule has 98 valence electrons. The molecule has 0 N–H and O–H groups in total. The van der Waals surface area contributed by atoms with E-state index in [9.17, 15) is 0 Å². The number of hydrogen-bond acceptors (Lipinski definition) is 1. The van der Waals surface area contributed by atoms with Crippen LogP contribution in [0.3, 0.4) is 0 Å². The summed E-state index contributed by atoms with van der Waals surface area (Å²) in [4.78, 5) is 2.60. The third kappa shape index (κ3) is 4.67. The zero-order chi connectivity index (χ0) is 12.7. The third-order valence-electron chi connectivity index (χ3n) is 3.78. The predicted molar refractivity (Wildman–Crippen MR) is 77.2 cm³/mol. The molecule has 0 aromatic carbocycles. The van der Waals surface area contributed by atoms with Crippen LogP contribution in [0.15, 0.2) is 23.8 Å². The Morgan fingerprint density at radius 2 is 1.71 bits per heavy atom. The average Bonchev–Trinajstić information content (AvgIpc) is 2.38. The minimum Gasteiger partial charge on any atom is -0.299 e. The number of nitrogens with zero attached hydrogens (tertiary/aromatic N) is 1. The largest absolute Gasteiger partial charge is 0.299 e. The number of likely N-dealkylation sites (tertiary alicyclic amines) is 1. The van der Waals surface area contributed by atoms with Crippen LogP contribution in [0.2, 0.25) is 0 Å². The summed E-state index contributed by atoms with van der Waals surface area (Å²) in [5, 5.41) is 0. The van der Waals surface area contributed by atoms with Crippen LogP contribution < -0.4 is 0 Å². The Bertz CT molecular complexity index is 259. The topological polar surface area (TPSA) is 3.24 Å². The first-order chi connectivity index (χ1) is 8.25. The Hall–Kier alpha value is -0.560. The van der Waals surface area contributed by atoms with Gasteiger partial charge in [-0.2, -0.15) is 0 Å². The molecule has 2 rings (SSSR count). The number of allylic oxidation sites excluding steroid dienone is 2. The van der Waals surface area contributed by atoms with Gasteiger partial charge in [0.2, 0.25) is 0 Å². The molecule has 0 bridgehead atoms. The van der Waals surface area contributed by atoms with Crippen molar-refractivity contribution in [3.8, 4) is 0 Å². The molecule has 1 heteroatoms. The molecule has 0 saturated carbocycles. The first-order valence-electron chi connectivity index (χ1n) is 7.37. The Balaban J connectivity index is 0.000000686. The van der Waals surface area contributed by atoms with Crippen molar-refractivity contribution in [2.24, 2.45) is 11.8 Å². The highest BCUT2D eigenvalue weighted by molar-refractivity contribution is 5.26. The molecule has 0 aromatic rings. The van der Waals surface area contributed by atoms with Crippen LogP contribution in [-0.2, 0) is 0 Å². The second kappa shape index (κ2) is 7.71. The molecule has 2 atom stereocenters. The molecule has 1 aliphatic carbocycles. The van der Waals surface area contributed by atoms with Gasteiger partial charge in [-0.05, 0) is 43.3 Å². The van der Waals surface area contributed by atoms with E-state index in [2.05, 4.69) is 37.0 Å². The first-order valence-corrected chi connectivity index (χ1v) is 7.37. The number of piperidine rings is 1. The average molecular weight is 235 g/mol. The van der Waals surface area contributed by atoms with Crippen molar-refractivity contribution in [2.75, 3.05) is 19.6 Å². The molecule has 1 nitrogen and oxygen atoms in total. The van der Waals surface area contributed by atoms with E-state index < -0.39 is 0 Å². The summed E-state index contributed by atoms with van der Waals surface area (Å²) in [5.74, 6) is 1.44. The van der Waals surface area contributed by atoms with E-state index in [1.807, 2.05) is 13.8 Å². The van der Waals surface area contributed by atoms with Gasteiger partial charge in [-0.1, -0.05) is 52.3 Å². The van der Waals surface area contributed by atoms with Gasteiger partial charge in [0.1, 0.15) is 0 Å². The quantitative estimate of drug-likeness (QED) is 0.691. The molecule has 2 aliphatic rings. The van der Waals surface area contributed by atoms with Gasteiger partial charge in [-0.3, -0.25) is 4.90 Å². The van der Waals surface area contributed by atoms with Crippen LogP contribution in [0.4, 0.5) is 0 Å². The van der Waals surface area contributed by atoms with Crippen molar-refractivity contribution in [3.63, 3.8) is 0 Å². The molecule has 1 saturated heterocycles. The van der Waals surface area contributed by atoms with Gasteiger partial charge in [0.05, 0.1) is 0 Å². The fourth-order valence-corrected chi connectivity index (χ4v) is 2.48. The van der Waals surface area contributed by atoms with E-state index in [0.717, 1.165) is 11.8 Å². The third-order valence-corrected chi connectivity index (χ3v) is 3.78. The van der Waals surface area contributed by atoms with Gasteiger partial charge < -0.3 is 0 Å². The van der Waals surface area contributed by atoms with Crippen molar-refractivity contribution < 1.29 is 0 Å². The minimum atomic E-state index is 0.717. The van der Waals surface area contributed by atoms with Crippen LogP contribution in [0.5, 0.6) is 0 Å². The van der Waals surface area contributed by atoms with Crippen molar-refractivity contribution in [3.05, 3.63) is 23.8 Å². The van der Waals surface area contributed by atoms with Gasteiger partial charge in [0.15, 0.2) is 0 Å². The fraction of sp³-hybridized carbons (Fsp3) is 0.750. The Morgan fingerprint density at radius 3 is 2.29 bits per heavy atom. The van der Waals surface area contributed by atoms with E-state index in [4.69, 9.17) is 0 Å². The lowest BCUT2D eigenvalue weighted by Crippen LogP contribution is -2.31. The van der Waals surface area contributed by atoms with Crippen molar-refractivity contribution in [1.29, 1.82) is 0 Å². The molecule has 0 amide bonds. The Kier molecular flexibility index (Phi) is 6.57. The summed E-state index contributed by atoms with van der Waals surface area (Å²) in [6.07, 6.45) is 11.4. The van der Waals surface area contributed by atoms with E-state index >= 15 is 0 Å². The molecule has 0 aromatic heterocycles. The Labute approximate surface area is 108 Å². The highest BCUT2D eigenvalue weighted by Crippen LogP contribution is 2.23. The molecular weight excluding hydrogens is 206 g/mol. The van der Waals surface area contributed by atoms with Crippen LogP contribution >= 0.6 is 0 Å². The summed E-state index contributed by atoms with van der Waals surface area (Å²) >= 11 is 0. The lowest BCUT2D eigenvalue weighted by molar-refractivity contribution is 0.247. The minimum absolute atomic E-state index is 0.717. The van der Waals surface area contributed by atoms with Gasteiger partial charge >= 0.3 is 0 Å². The second-order valence-corrected chi connectivity index (χ2v) is 5.16. The summed E-state index contributed by atoms with van der Waals surface area (Å²) in [7, 11) is 0. The van der Waals surface area contributed by atoms with Gasteiger partial charge in [-0.25, -0.2) is 0 Å². The molecule has 1 aliphatic heterocycles. The highest BCUT2D eigenvalue weighted by atomic mass is 15.1. The van der Waals surface area contributed by atoms with Gasteiger partial charge in [0.25, 0.3) is 0 Å². The zero-order valence-electron chi connectivity index (χ0n) is 12.1. The molecule has 0 spiro atoms. The number of hydrogen-bond donors (Lipinski definition) is 0. The summed E-state index contributed by atoms with van der Waals surface area (Å²) in [6, 6.07) is 0. The SMILES string of the molecule is CC.CC1C=CC(CN2CCCCC2)=CC1C. The number of rotatable bonds is 2. The van der Waals surface area contributed by atoms with E-state index in [0.29, 0.717) is 0 Å². The predicted octanol–water partition coefficient (Wildman–Crippen LogP) is 4.27. The zero-order valence-corrected chi connectivity index (χ0v) is 12.1. The molecule has 17 heavy (non-hydrogen) atoms. The van der Waals surface area contributed by atoms with Crippen LogP contribution in [-0.4, -0.2) is 24.5 Å². The maximum Gasteiger partial charge on any atom is 0.0230 e. The summed E-state index contributed by atoms with van der Waals surface area (Å²) in [6.45, 7) is 12.4. The molecule has 0 radical (unpaired) electrons. The molecule has 2 unspecified atom stereocenters. The van der Waals surface area contributed by atoms with Crippen molar-refractivity contribution in [1.82, 2.24) is 4.90 Å². The lowest BCUT2D eigenvalue weighted by Gasteiger charge is -2.28. The van der Waals surface area contributed by atoms with Crippen LogP contribution in [0, 0.1) is 11.8 Å². The van der Waals surface area contributed by atoms with Gasteiger partial charge in [0, 0.05) is 6.54 Å². The molecule has 1 heterocycles. The fourth-order valence-electron chi connectivity index (χ4n) is 2.48. The smallest absolute Gasteiger partial charge is 0.0230 e. The van der Waals surface area contributed by atoms with Crippen molar-refractivity contribution in [2.45, 2.75) is 47.0 Å². The Morgan fingerprint density at radius 1 is 1.06 bits per heavy atom. The molecular formula is C16H29N. The lowest BCUT2D eigenvalue weighted by atomic mass is 9.88. The maximum atomic E-state index is 2.60. The van der Waals surface area contributed by atoms with Crippen LogP contribution in [0.25, 0.3) is 0 Å². The van der Waals surface area contributed by atoms with Crippen molar-refractivity contribution >= 4 is 0 Å². The second-order valence-electron chi connectivity index (χ2n) is 5.16. The summed E-state index contributed by atoms with van der Waals surface area (Å²) < 4.78 is 0. The first kappa shape index (κ1) is 14.5. The monoisotopic (exact) mass is 235 g/mol. The van der Waals surface area contributed by atoms with E-state index in [-0.39, 0.29) is 0 Å². The van der Waals surface area contributed by atoms with E-state index in [1.54, 1.807) is 0 Å². The standard InChI is InChI=1S/C14H23N.C2H6/c1-12-6-7-14(10-13(12)2)11-15-8-4-3-5-9-15;1-2/h6-7,10,12-13H,3-5,8-9,11H2,1-2H3;1-2H3.